The van der Waals surface area contributed by atoms with E-state index in [9.17, 15) is 18.0 Å². The highest BCUT2D eigenvalue weighted by atomic mass is 32.2. The van der Waals surface area contributed by atoms with E-state index in [4.69, 9.17) is 0 Å². The van der Waals surface area contributed by atoms with Crippen LogP contribution < -0.4 is 15.8 Å². The number of rotatable bonds is 3. The summed E-state index contributed by atoms with van der Waals surface area (Å²) in [6, 6.07) is 13.2. The number of nitrogens with zero attached hydrogens (tertiary/aromatic N) is 3. The molecule has 9 heteroatoms. The molecule has 0 radical (unpaired) electrons. The highest BCUT2D eigenvalue weighted by Crippen LogP contribution is 2.26. The first-order valence-corrected chi connectivity index (χ1v) is 10.3. The Morgan fingerprint density at radius 1 is 0.897 bits per heavy atom. The minimum absolute atomic E-state index is 0.0165. The third kappa shape index (κ3) is 3.09. The Kier molecular flexibility index (Phi) is 4.27. The van der Waals surface area contributed by atoms with Crippen LogP contribution in [-0.2, 0) is 24.1 Å². The first kappa shape index (κ1) is 18.9. The molecule has 4 aromatic rings. The fourth-order valence-corrected chi connectivity index (χ4v) is 4.41. The first-order chi connectivity index (χ1) is 13.7. The Hall–Kier alpha value is -3.46. The van der Waals surface area contributed by atoms with Gasteiger partial charge in [-0.1, -0.05) is 18.2 Å². The summed E-state index contributed by atoms with van der Waals surface area (Å²) >= 11 is 0. The van der Waals surface area contributed by atoms with Gasteiger partial charge in [0.2, 0.25) is 0 Å². The molecule has 2 aromatic heterocycles. The van der Waals surface area contributed by atoms with Crippen molar-refractivity contribution in [3.8, 4) is 0 Å². The van der Waals surface area contributed by atoms with Gasteiger partial charge < -0.3 is 9.13 Å². The SMILES string of the molecule is Cc1cc(NS(=O)(=O)c2ccc3c(c2)n(C)c(=O)c(=O)n3C)c2ccccc2n1. The van der Waals surface area contributed by atoms with Crippen molar-refractivity contribution >= 4 is 37.6 Å². The van der Waals surface area contributed by atoms with Crippen molar-refractivity contribution in [1.29, 1.82) is 0 Å². The summed E-state index contributed by atoms with van der Waals surface area (Å²) in [7, 11) is -1.03. The highest BCUT2D eigenvalue weighted by Gasteiger charge is 2.19. The van der Waals surface area contributed by atoms with Crippen LogP contribution in [0.3, 0.4) is 0 Å². The predicted octanol–water partition coefficient (Wildman–Crippen LogP) is 1.89. The number of aromatic nitrogens is 3. The molecule has 2 aromatic carbocycles. The average molecular weight is 410 g/mol. The Morgan fingerprint density at radius 2 is 1.55 bits per heavy atom. The van der Waals surface area contributed by atoms with Crippen LogP contribution in [0.5, 0.6) is 0 Å². The third-order valence-corrected chi connectivity index (χ3v) is 6.22. The van der Waals surface area contributed by atoms with Crippen molar-refractivity contribution in [2.75, 3.05) is 4.72 Å². The van der Waals surface area contributed by atoms with Crippen LogP contribution in [0, 0.1) is 6.92 Å². The maximum Gasteiger partial charge on any atom is 0.316 e. The molecule has 0 fully saturated rings. The summed E-state index contributed by atoms with van der Waals surface area (Å²) < 4.78 is 31.1. The number of benzene rings is 2. The van der Waals surface area contributed by atoms with E-state index in [2.05, 4.69) is 9.71 Å². The Balaban J connectivity index is 1.88. The van der Waals surface area contributed by atoms with Gasteiger partial charge in [0.15, 0.2) is 0 Å². The van der Waals surface area contributed by atoms with Crippen molar-refractivity contribution in [3.05, 3.63) is 74.9 Å². The van der Waals surface area contributed by atoms with Crippen LogP contribution in [0.25, 0.3) is 21.9 Å². The van der Waals surface area contributed by atoms with Gasteiger partial charge in [0.05, 0.1) is 27.1 Å². The molecule has 1 N–H and O–H groups in total. The topological polar surface area (TPSA) is 103 Å². The zero-order valence-electron chi connectivity index (χ0n) is 16.0. The van der Waals surface area contributed by atoms with Crippen LogP contribution in [-0.4, -0.2) is 22.5 Å². The molecule has 4 rings (SSSR count). The largest absolute Gasteiger partial charge is 0.316 e. The second kappa shape index (κ2) is 6.56. The summed E-state index contributed by atoms with van der Waals surface area (Å²) in [6.45, 7) is 1.79. The molecule has 0 aliphatic rings. The van der Waals surface area contributed by atoms with Gasteiger partial charge >= 0.3 is 11.1 Å². The van der Waals surface area contributed by atoms with Gasteiger partial charge in [0.1, 0.15) is 0 Å². The van der Waals surface area contributed by atoms with Crippen molar-refractivity contribution in [2.45, 2.75) is 11.8 Å². The molecule has 0 aliphatic carbocycles. The Morgan fingerprint density at radius 3 is 2.28 bits per heavy atom. The zero-order chi connectivity index (χ0) is 20.9. The number of para-hydroxylation sites is 1. The lowest BCUT2D eigenvalue weighted by atomic mass is 10.2. The molecule has 0 saturated carbocycles. The number of anilines is 1. The van der Waals surface area contributed by atoms with E-state index in [0.717, 1.165) is 4.57 Å². The summed E-state index contributed by atoms with van der Waals surface area (Å²) in [5.74, 6) is 0. The van der Waals surface area contributed by atoms with E-state index in [1.54, 1.807) is 19.1 Å². The fraction of sp³-hybridized carbons (Fsp3) is 0.150. The molecule has 29 heavy (non-hydrogen) atoms. The zero-order valence-corrected chi connectivity index (χ0v) is 16.8. The predicted molar refractivity (Wildman–Crippen MR) is 112 cm³/mol. The minimum atomic E-state index is -3.95. The molecule has 0 unspecified atom stereocenters. The maximum atomic E-state index is 13.1. The van der Waals surface area contributed by atoms with Crippen LogP contribution in [0.1, 0.15) is 5.69 Å². The quantitative estimate of drug-likeness (QED) is 0.520. The number of pyridine rings is 1. The standard InChI is InChI=1S/C20H18N4O4S/c1-12-10-16(14-6-4-5-7-15(14)21-12)22-29(27,28)13-8-9-17-18(11-13)24(3)20(26)19(25)23(17)2/h4-11H,1-3H3,(H,21,22). The average Bonchev–Trinajstić information content (AvgIpc) is 2.69. The van der Waals surface area contributed by atoms with E-state index in [1.807, 2.05) is 18.2 Å². The lowest BCUT2D eigenvalue weighted by Crippen LogP contribution is -2.39. The van der Waals surface area contributed by atoms with Crippen LogP contribution in [0.4, 0.5) is 5.69 Å². The molecular formula is C20H18N4O4S. The molecule has 2 heterocycles. The lowest BCUT2D eigenvalue weighted by molar-refractivity contribution is 0.601. The molecule has 0 aliphatic heterocycles. The number of hydrogen-bond donors (Lipinski definition) is 1. The van der Waals surface area contributed by atoms with Crippen molar-refractivity contribution < 1.29 is 8.42 Å². The van der Waals surface area contributed by atoms with Gasteiger partial charge in [-0.2, -0.15) is 0 Å². The minimum Gasteiger partial charge on any atom is -0.305 e. The summed E-state index contributed by atoms with van der Waals surface area (Å²) in [5, 5.41) is 0.678. The van der Waals surface area contributed by atoms with E-state index in [1.165, 1.54) is 36.9 Å². The van der Waals surface area contributed by atoms with E-state index in [-0.39, 0.29) is 4.90 Å². The molecule has 0 spiro atoms. The van der Waals surface area contributed by atoms with Gasteiger partial charge in [0.25, 0.3) is 10.0 Å². The third-order valence-electron chi connectivity index (χ3n) is 4.86. The van der Waals surface area contributed by atoms with E-state index in [0.29, 0.717) is 33.3 Å². The van der Waals surface area contributed by atoms with Gasteiger partial charge in [0, 0.05) is 25.2 Å². The molecule has 0 bridgehead atoms. The molecule has 0 saturated heterocycles. The van der Waals surface area contributed by atoms with Gasteiger partial charge in [-0.15, -0.1) is 0 Å². The number of aryl methyl sites for hydroxylation is 3. The van der Waals surface area contributed by atoms with E-state index < -0.39 is 21.1 Å². The Labute approximate surface area is 166 Å². The van der Waals surface area contributed by atoms with Crippen LogP contribution in [0.2, 0.25) is 0 Å². The molecular weight excluding hydrogens is 392 g/mol. The van der Waals surface area contributed by atoms with Gasteiger partial charge in [-0.25, -0.2) is 8.42 Å². The number of hydrogen-bond acceptors (Lipinski definition) is 5. The summed E-state index contributed by atoms with van der Waals surface area (Å²) in [6.07, 6.45) is 0. The van der Waals surface area contributed by atoms with Crippen molar-refractivity contribution in [3.63, 3.8) is 0 Å². The Bertz CT molecular complexity index is 1520. The first-order valence-electron chi connectivity index (χ1n) is 8.78. The van der Waals surface area contributed by atoms with Crippen molar-refractivity contribution in [2.24, 2.45) is 14.1 Å². The maximum absolute atomic E-state index is 13.1. The van der Waals surface area contributed by atoms with Crippen LogP contribution in [0.15, 0.2) is 63.0 Å². The smallest absolute Gasteiger partial charge is 0.305 e. The fourth-order valence-electron chi connectivity index (χ4n) is 3.32. The summed E-state index contributed by atoms with van der Waals surface area (Å²) in [4.78, 5) is 28.5. The summed E-state index contributed by atoms with van der Waals surface area (Å²) in [5.41, 5.74) is 1.18. The van der Waals surface area contributed by atoms with Crippen molar-refractivity contribution in [1.82, 2.24) is 14.1 Å². The second-order valence-corrected chi connectivity index (χ2v) is 8.50. The van der Waals surface area contributed by atoms with Gasteiger partial charge in [-0.3, -0.25) is 19.3 Å². The lowest BCUT2D eigenvalue weighted by Gasteiger charge is -2.13. The highest BCUT2D eigenvalue weighted by molar-refractivity contribution is 7.92. The monoisotopic (exact) mass is 410 g/mol. The molecule has 0 amide bonds. The number of sulfonamides is 1. The molecule has 0 atom stereocenters. The molecule has 8 nitrogen and oxygen atoms in total. The molecule has 148 valence electrons. The normalized spacial score (nSPS) is 11.8. The number of nitrogens with one attached hydrogen (secondary N) is 1. The van der Waals surface area contributed by atoms with E-state index >= 15 is 0 Å². The van der Waals surface area contributed by atoms with Gasteiger partial charge in [-0.05, 0) is 37.3 Å². The second-order valence-electron chi connectivity index (χ2n) is 6.81. The number of fused-ring (bicyclic) bond motifs is 2. The van der Waals surface area contributed by atoms with Crippen LogP contribution >= 0.6 is 0 Å².